The van der Waals surface area contributed by atoms with Crippen LogP contribution in [0.5, 0.6) is 0 Å². The number of rotatable bonds is 3. The number of hydrogen-bond acceptors (Lipinski definition) is 0. The minimum absolute atomic E-state index is 0.704. The molecular formula is C12H20. The Morgan fingerprint density at radius 2 is 2.00 bits per heavy atom. The Labute approximate surface area is 76.4 Å². The fraction of sp³-hybridized carbons (Fsp3) is 0.667. The second kappa shape index (κ2) is 5.18. The van der Waals surface area contributed by atoms with E-state index in [9.17, 15) is 0 Å². The molecule has 1 saturated carbocycles. The van der Waals surface area contributed by atoms with Crippen molar-refractivity contribution in [1.82, 2.24) is 0 Å². The molecule has 0 aromatic heterocycles. The molecule has 1 aliphatic rings. The standard InChI is InChI=1S/C12H20/c1-3-7-11(2)10-12-8-5-4-6-9-12/h3,10-11H,1,4-9H2,2H3. The summed E-state index contributed by atoms with van der Waals surface area (Å²) in [4.78, 5) is 0. The predicted molar refractivity (Wildman–Crippen MR) is 55.1 cm³/mol. The van der Waals surface area contributed by atoms with Crippen LogP contribution in [-0.2, 0) is 0 Å². The first-order valence-corrected chi connectivity index (χ1v) is 5.13. The van der Waals surface area contributed by atoms with Crippen LogP contribution in [0.15, 0.2) is 24.3 Å². The summed E-state index contributed by atoms with van der Waals surface area (Å²) in [5, 5.41) is 0. The summed E-state index contributed by atoms with van der Waals surface area (Å²) in [7, 11) is 0. The van der Waals surface area contributed by atoms with Gasteiger partial charge in [0.1, 0.15) is 0 Å². The first-order valence-electron chi connectivity index (χ1n) is 5.13. The highest BCUT2D eigenvalue weighted by molar-refractivity contribution is 5.06. The Balaban J connectivity index is 2.36. The van der Waals surface area contributed by atoms with Gasteiger partial charge in [0.15, 0.2) is 0 Å². The highest BCUT2D eigenvalue weighted by Crippen LogP contribution is 2.24. The van der Waals surface area contributed by atoms with Gasteiger partial charge in [-0.05, 0) is 38.0 Å². The zero-order valence-electron chi connectivity index (χ0n) is 8.18. The summed E-state index contributed by atoms with van der Waals surface area (Å²) in [6.07, 6.45) is 12.6. The molecular weight excluding hydrogens is 144 g/mol. The molecule has 0 N–H and O–H groups in total. The van der Waals surface area contributed by atoms with E-state index in [1.165, 1.54) is 32.1 Å². The molecule has 0 spiro atoms. The summed E-state index contributed by atoms with van der Waals surface area (Å²) in [6.45, 7) is 6.05. The largest absolute Gasteiger partial charge is 0.103 e. The molecule has 1 unspecified atom stereocenters. The first-order chi connectivity index (χ1) is 5.83. The van der Waals surface area contributed by atoms with Crippen LogP contribution in [0.2, 0.25) is 0 Å². The molecule has 0 amide bonds. The van der Waals surface area contributed by atoms with Gasteiger partial charge in [0.05, 0.1) is 0 Å². The van der Waals surface area contributed by atoms with Crippen LogP contribution in [0.1, 0.15) is 45.4 Å². The zero-order chi connectivity index (χ0) is 8.81. The normalized spacial score (nSPS) is 20.2. The molecule has 1 fully saturated rings. The van der Waals surface area contributed by atoms with Gasteiger partial charge < -0.3 is 0 Å². The molecule has 0 heterocycles. The average Bonchev–Trinajstić information content (AvgIpc) is 2.06. The molecule has 0 saturated heterocycles. The molecule has 0 aromatic rings. The van der Waals surface area contributed by atoms with Crippen molar-refractivity contribution >= 4 is 0 Å². The van der Waals surface area contributed by atoms with Crippen LogP contribution in [-0.4, -0.2) is 0 Å². The minimum Gasteiger partial charge on any atom is -0.103 e. The smallest absolute Gasteiger partial charge is 0.0225 e. The zero-order valence-corrected chi connectivity index (χ0v) is 8.18. The molecule has 68 valence electrons. The summed E-state index contributed by atoms with van der Waals surface area (Å²) in [5.74, 6) is 0.704. The van der Waals surface area contributed by atoms with E-state index in [1.807, 2.05) is 6.08 Å². The van der Waals surface area contributed by atoms with E-state index >= 15 is 0 Å². The Morgan fingerprint density at radius 3 is 2.58 bits per heavy atom. The molecule has 1 aliphatic carbocycles. The lowest BCUT2D eigenvalue weighted by Crippen LogP contribution is -1.97. The van der Waals surface area contributed by atoms with Crippen molar-refractivity contribution in [3.63, 3.8) is 0 Å². The second-order valence-corrected chi connectivity index (χ2v) is 3.89. The summed E-state index contributed by atoms with van der Waals surface area (Å²) in [6, 6.07) is 0. The van der Waals surface area contributed by atoms with Crippen LogP contribution in [0.3, 0.4) is 0 Å². The van der Waals surface area contributed by atoms with Gasteiger partial charge in [0, 0.05) is 0 Å². The Bertz CT molecular complexity index is 157. The summed E-state index contributed by atoms with van der Waals surface area (Å²) in [5.41, 5.74) is 1.69. The number of allylic oxidation sites excluding steroid dienone is 3. The van der Waals surface area contributed by atoms with Crippen molar-refractivity contribution in [2.75, 3.05) is 0 Å². The van der Waals surface area contributed by atoms with E-state index in [-0.39, 0.29) is 0 Å². The van der Waals surface area contributed by atoms with E-state index in [2.05, 4.69) is 19.6 Å². The highest BCUT2D eigenvalue weighted by Gasteiger charge is 2.05. The lowest BCUT2D eigenvalue weighted by molar-refractivity contribution is 0.587. The molecule has 0 bridgehead atoms. The lowest BCUT2D eigenvalue weighted by Gasteiger charge is -2.15. The maximum atomic E-state index is 3.76. The van der Waals surface area contributed by atoms with Gasteiger partial charge in [0.2, 0.25) is 0 Å². The molecule has 1 rings (SSSR count). The Hall–Kier alpha value is -0.520. The maximum Gasteiger partial charge on any atom is -0.0225 e. The van der Waals surface area contributed by atoms with E-state index in [1.54, 1.807) is 5.57 Å². The van der Waals surface area contributed by atoms with Gasteiger partial charge in [-0.1, -0.05) is 31.1 Å². The fourth-order valence-electron chi connectivity index (χ4n) is 1.91. The summed E-state index contributed by atoms with van der Waals surface area (Å²) >= 11 is 0. The van der Waals surface area contributed by atoms with Crippen LogP contribution < -0.4 is 0 Å². The van der Waals surface area contributed by atoms with Gasteiger partial charge >= 0.3 is 0 Å². The molecule has 0 nitrogen and oxygen atoms in total. The van der Waals surface area contributed by atoms with Gasteiger partial charge in [-0.2, -0.15) is 0 Å². The topological polar surface area (TPSA) is 0 Å². The second-order valence-electron chi connectivity index (χ2n) is 3.89. The highest BCUT2D eigenvalue weighted by atomic mass is 14.1. The fourth-order valence-corrected chi connectivity index (χ4v) is 1.91. The van der Waals surface area contributed by atoms with Gasteiger partial charge in [0.25, 0.3) is 0 Å². The van der Waals surface area contributed by atoms with Crippen LogP contribution >= 0.6 is 0 Å². The van der Waals surface area contributed by atoms with Crippen LogP contribution in [0.25, 0.3) is 0 Å². The van der Waals surface area contributed by atoms with Crippen molar-refractivity contribution in [3.8, 4) is 0 Å². The Kier molecular flexibility index (Phi) is 4.13. The van der Waals surface area contributed by atoms with Crippen LogP contribution in [0, 0.1) is 5.92 Å². The maximum absolute atomic E-state index is 3.76. The molecule has 0 heteroatoms. The van der Waals surface area contributed by atoms with Gasteiger partial charge in [-0.3, -0.25) is 0 Å². The molecule has 12 heavy (non-hydrogen) atoms. The molecule has 1 atom stereocenters. The predicted octanol–water partition coefficient (Wildman–Crippen LogP) is 4.09. The molecule has 0 aliphatic heterocycles. The third-order valence-electron chi connectivity index (χ3n) is 2.55. The van der Waals surface area contributed by atoms with Crippen LogP contribution in [0.4, 0.5) is 0 Å². The third kappa shape index (κ3) is 3.25. The molecule has 0 aromatic carbocycles. The Morgan fingerprint density at radius 1 is 1.33 bits per heavy atom. The van der Waals surface area contributed by atoms with Gasteiger partial charge in [-0.15, -0.1) is 6.58 Å². The van der Waals surface area contributed by atoms with E-state index in [4.69, 9.17) is 0 Å². The van der Waals surface area contributed by atoms with Gasteiger partial charge in [-0.25, -0.2) is 0 Å². The lowest BCUT2D eigenvalue weighted by atomic mass is 9.91. The SMILES string of the molecule is C=CCC(C)C=C1CCCCC1. The quantitative estimate of drug-likeness (QED) is 0.551. The van der Waals surface area contributed by atoms with Crippen molar-refractivity contribution in [2.45, 2.75) is 45.4 Å². The molecule has 0 radical (unpaired) electrons. The summed E-state index contributed by atoms with van der Waals surface area (Å²) < 4.78 is 0. The van der Waals surface area contributed by atoms with E-state index < -0.39 is 0 Å². The minimum atomic E-state index is 0.704. The first kappa shape index (κ1) is 9.57. The van der Waals surface area contributed by atoms with Crippen molar-refractivity contribution < 1.29 is 0 Å². The van der Waals surface area contributed by atoms with Crippen molar-refractivity contribution in [3.05, 3.63) is 24.3 Å². The number of hydrogen-bond donors (Lipinski definition) is 0. The monoisotopic (exact) mass is 164 g/mol. The van der Waals surface area contributed by atoms with Crippen molar-refractivity contribution in [2.24, 2.45) is 5.92 Å². The van der Waals surface area contributed by atoms with E-state index in [0.717, 1.165) is 6.42 Å². The average molecular weight is 164 g/mol. The third-order valence-corrected chi connectivity index (χ3v) is 2.55. The van der Waals surface area contributed by atoms with E-state index in [0.29, 0.717) is 5.92 Å². The van der Waals surface area contributed by atoms with Crippen molar-refractivity contribution in [1.29, 1.82) is 0 Å².